The maximum Gasteiger partial charge on any atom is 0.166 e. The number of rotatable bonds is 4. The molecule has 3 heteroatoms. The molecule has 0 radical (unpaired) electrons. The van der Waals surface area contributed by atoms with Gasteiger partial charge in [-0.2, -0.15) is 5.10 Å². The Hall–Kier alpha value is -1.90. The molecule has 0 N–H and O–H groups in total. The summed E-state index contributed by atoms with van der Waals surface area (Å²) >= 11 is 0. The highest BCUT2D eigenvalue weighted by Gasteiger charge is 2.11. The summed E-state index contributed by atoms with van der Waals surface area (Å²) in [6.45, 7) is 5.73. The first kappa shape index (κ1) is 10.6. The van der Waals surface area contributed by atoms with Crippen LogP contribution in [0.4, 0.5) is 0 Å². The topological polar surface area (TPSA) is 34.4 Å². The van der Waals surface area contributed by atoms with Crippen molar-refractivity contribution in [1.29, 1.82) is 0 Å². The van der Waals surface area contributed by atoms with Gasteiger partial charge >= 0.3 is 0 Å². The summed E-state index contributed by atoms with van der Waals surface area (Å²) in [5.41, 5.74) is 2.60. The van der Waals surface area contributed by atoms with E-state index in [1.807, 2.05) is 31.3 Å². The van der Waals surface area contributed by atoms with E-state index in [9.17, 15) is 4.79 Å². The normalized spacial score (nSPS) is 10.6. The highest BCUT2D eigenvalue weighted by atomic mass is 16.1. The zero-order chi connectivity index (χ0) is 11.5. The van der Waals surface area contributed by atoms with Crippen LogP contribution in [-0.2, 0) is 0 Å². The number of carbonyl (C=O) groups excluding carboxylic acids is 1. The molecule has 2 aromatic rings. The molecule has 82 valence electrons. The second-order valence-electron chi connectivity index (χ2n) is 3.97. The molecule has 0 aliphatic heterocycles. The predicted octanol–water partition coefficient (Wildman–Crippen LogP) is 2.87. The summed E-state index contributed by atoms with van der Waals surface area (Å²) in [6, 6.07) is 5.70. The number of aromatic nitrogens is 2. The van der Waals surface area contributed by atoms with Crippen molar-refractivity contribution < 1.29 is 4.79 Å². The molecule has 0 atom stereocenters. The fraction of sp³-hybridized carbons (Fsp3) is 0.231. The Labute approximate surface area is 94.4 Å². The number of hydrogen-bond acceptors (Lipinski definition) is 2. The number of fused-ring (bicyclic) bond motifs is 1. The molecule has 0 spiro atoms. The minimum Gasteiger partial charge on any atom is -0.294 e. The van der Waals surface area contributed by atoms with E-state index in [-0.39, 0.29) is 5.78 Å². The Balaban J connectivity index is 2.26. The van der Waals surface area contributed by atoms with Crippen LogP contribution < -0.4 is 0 Å². The molecular formula is C13H14N2O. The van der Waals surface area contributed by atoms with E-state index in [0.29, 0.717) is 12.0 Å². The van der Waals surface area contributed by atoms with Crippen molar-refractivity contribution in [2.45, 2.75) is 19.8 Å². The van der Waals surface area contributed by atoms with Crippen LogP contribution in [0.5, 0.6) is 0 Å². The Kier molecular flexibility index (Phi) is 2.86. The van der Waals surface area contributed by atoms with Gasteiger partial charge in [-0.15, -0.1) is 6.58 Å². The van der Waals surface area contributed by atoms with Gasteiger partial charge in [0.15, 0.2) is 5.78 Å². The third kappa shape index (κ3) is 2.03. The van der Waals surface area contributed by atoms with E-state index in [1.165, 1.54) is 0 Å². The Morgan fingerprint density at radius 1 is 1.44 bits per heavy atom. The lowest BCUT2D eigenvalue weighted by atomic mass is 10.1. The fourth-order valence-corrected chi connectivity index (χ4v) is 1.61. The van der Waals surface area contributed by atoms with Crippen LogP contribution in [0.15, 0.2) is 42.7 Å². The molecule has 16 heavy (non-hydrogen) atoms. The van der Waals surface area contributed by atoms with Crippen molar-refractivity contribution in [3.63, 3.8) is 0 Å². The summed E-state index contributed by atoms with van der Waals surface area (Å²) in [7, 11) is 0. The van der Waals surface area contributed by atoms with Crippen molar-refractivity contribution in [2.24, 2.45) is 0 Å². The van der Waals surface area contributed by atoms with Crippen LogP contribution in [0.3, 0.4) is 0 Å². The van der Waals surface area contributed by atoms with Crippen LogP contribution >= 0.6 is 0 Å². The first-order valence-electron chi connectivity index (χ1n) is 5.28. The SMILES string of the molecule is C=C(C)CCC(=O)c1cnn2ccccc12. The van der Waals surface area contributed by atoms with E-state index in [0.717, 1.165) is 17.5 Å². The molecule has 0 amide bonds. The van der Waals surface area contributed by atoms with Crippen molar-refractivity contribution in [2.75, 3.05) is 0 Å². The number of hydrogen-bond donors (Lipinski definition) is 0. The van der Waals surface area contributed by atoms with E-state index >= 15 is 0 Å². The standard InChI is InChI=1S/C13H14N2O/c1-10(2)6-7-13(16)11-9-14-15-8-4-3-5-12(11)15/h3-5,8-9H,1,6-7H2,2H3. The van der Waals surface area contributed by atoms with Gasteiger partial charge in [0.2, 0.25) is 0 Å². The van der Waals surface area contributed by atoms with Gasteiger partial charge in [-0.25, -0.2) is 4.52 Å². The summed E-state index contributed by atoms with van der Waals surface area (Å²) in [4.78, 5) is 11.9. The molecule has 0 fully saturated rings. The lowest BCUT2D eigenvalue weighted by molar-refractivity contribution is 0.0984. The average Bonchev–Trinajstić information content (AvgIpc) is 2.69. The van der Waals surface area contributed by atoms with Gasteiger partial charge in [0.1, 0.15) is 0 Å². The van der Waals surface area contributed by atoms with Gasteiger partial charge in [0.05, 0.1) is 17.3 Å². The lowest BCUT2D eigenvalue weighted by Gasteiger charge is -1.99. The van der Waals surface area contributed by atoms with Crippen LogP contribution in [0.25, 0.3) is 5.52 Å². The minimum atomic E-state index is 0.129. The molecule has 2 aromatic heterocycles. The second kappa shape index (κ2) is 4.31. The van der Waals surface area contributed by atoms with Gasteiger partial charge in [-0.05, 0) is 25.5 Å². The van der Waals surface area contributed by atoms with Gasteiger partial charge in [-0.3, -0.25) is 4.79 Å². The summed E-state index contributed by atoms with van der Waals surface area (Å²) in [6.07, 6.45) is 4.72. The summed E-state index contributed by atoms with van der Waals surface area (Å²) in [5, 5.41) is 4.14. The molecular weight excluding hydrogens is 200 g/mol. The van der Waals surface area contributed by atoms with Gasteiger partial charge in [0.25, 0.3) is 0 Å². The molecule has 0 aromatic carbocycles. The van der Waals surface area contributed by atoms with Crippen molar-refractivity contribution in [1.82, 2.24) is 9.61 Å². The number of ketones is 1. The molecule has 2 rings (SSSR count). The maximum atomic E-state index is 11.9. The smallest absolute Gasteiger partial charge is 0.166 e. The van der Waals surface area contributed by atoms with E-state index in [1.54, 1.807) is 10.7 Å². The lowest BCUT2D eigenvalue weighted by Crippen LogP contribution is -1.98. The van der Waals surface area contributed by atoms with Crippen LogP contribution in [0.2, 0.25) is 0 Å². The third-order valence-corrected chi connectivity index (χ3v) is 2.51. The molecule has 3 nitrogen and oxygen atoms in total. The summed E-state index contributed by atoms with van der Waals surface area (Å²) in [5.74, 6) is 0.129. The zero-order valence-corrected chi connectivity index (χ0v) is 9.31. The third-order valence-electron chi connectivity index (χ3n) is 2.51. The number of carbonyl (C=O) groups is 1. The van der Waals surface area contributed by atoms with Crippen molar-refractivity contribution in [3.8, 4) is 0 Å². The van der Waals surface area contributed by atoms with E-state index in [4.69, 9.17) is 0 Å². The Bertz CT molecular complexity index is 540. The second-order valence-corrected chi connectivity index (χ2v) is 3.97. The van der Waals surface area contributed by atoms with Crippen LogP contribution in [0, 0.1) is 0 Å². The Morgan fingerprint density at radius 3 is 3.00 bits per heavy atom. The first-order valence-corrected chi connectivity index (χ1v) is 5.28. The molecule has 0 aliphatic carbocycles. The van der Waals surface area contributed by atoms with Gasteiger partial charge < -0.3 is 0 Å². The van der Waals surface area contributed by atoms with E-state index < -0.39 is 0 Å². The Morgan fingerprint density at radius 2 is 2.25 bits per heavy atom. The molecule has 0 saturated carbocycles. The largest absolute Gasteiger partial charge is 0.294 e. The van der Waals surface area contributed by atoms with Crippen LogP contribution in [0.1, 0.15) is 30.1 Å². The van der Waals surface area contributed by atoms with E-state index in [2.05, 4.69) is 11.7 Å². The van der Waals surface area contributed by atoms with Crippen LogP contribution in [-0.4, -0.2) is 15.4 Å². The zero-order valence-electron chi connectivity index (χ0n) is 9.31. The molecule has 0 bridgehead atoms. The van der Waals surface area contributed by atoms with Gasteiger partial charge in [-0.1, -0.05) is 11.6 Å². The average molecular weight is 214 g/mol. The fourth-order valence-electron chi connectivity index (χ4n) is 1.61. The highest BCUT2D eigenvalue weighted by Crippen LogP contribution is 2.14. The van der Waals surface area contributed by atoms with Gasteiger partial charge in [0, 0.05) is 12.6 Å². The number of allylic oxidation sites excluding steroid dienone is 1. The molecule has 0 unspecified atom stereocenters. The maximum absolute atomic E-state index is 11.9. The summed E-state index contributed by atoms with van der Waals surface area (Å²) < 4.78 is 1.72. The monoisotopic (exact) mass is 214 g/mol. The number of Topliss-reactive ketones (excluding diaryl/α,β-unsaturated/α-hetero) is 1. The first-order chi connectivity index (χ1) is 7.68. The van der Waals surface area contributed by atoms with Crippen molar-refractivity contribution >= 4 is 11.3 Å². The van der Waals surface area contributed by atoms with Crippen molar-refractivity contribution in [3.05, 3.63) is 48.3 Å². The highest BCUT2D eigenvalue weighted by molar-refractivity contribution is 6.02. The number of nitrogens with zero attached hydrogens (tertiary/aromatic N) is 2. The molecule has 0 aliphatic rings. The quantitative estimate of drug-likeness (QED) is 0.579. The molecule has 0 saturated heterocycles. The molecule has 2 heterocycles. The number of pyridine rings is 1. The minimum absolute atomic E-state index is 0.129. The predicted molar refractivity (Wildman–Crippen MR) is 63.6 cm³/mol.